The Balaban J connectivity index is 0.000000245. The van der Waals surface area contributed by atoms with Crippen LogP contribution >= 0.6 is 0 Å². The van der Waals surface area contributed by atoms with Gasteiger partial charge in [-0.1, -0.05) is 0 Å². The third-order valence-electron chi connectivity index (χ3n) is 1.72. The Morgan fingerprint density at radius 2 is 1.57 bits per heavy atom. The molecule has 2 heteroatoms. The molecule has 1 aliphatic carbocycles. The Hall–Kier alpha value is -0.0800. The predicted octanol–water partition coefficient (Wildman–Crippen LogP) is 1.10. The van der Waals surface area contributed by atoms with E-state index in [9.17, 15) is 0 Å². The number of hydrogen-bond acceptors (Lipinski definition) is 2. The maximum Gasteiger partial charge on any atom is 0.0604 e. The monoisotopic (exact) mass is 101 g/mol. The fourth-order valence-corrected chi connectivity index (χ4v) is 1.30. The van der Waals surface area contributed by atoms with E-state index in [0.29, 0.717) is 12.2 Å². The molecule has 3 fully saturated rings. The zero-order valence-corrected chi connectivity index (χ0v) is 4.39. The molecular weight excluding hydrogens is 90.1 g/mol. The first-order chi connectivity index (χ1) is 2.95. The molecule has 3 aliphatic rings. The normalized spacial score (nSPS) is 44.6. The van der Waals surface area contributed by atoms with E-state index in [4.69, 9.17) is 4.74 Å². The predicted molar refractivity (Wildman–Crippen MR) is 27.5 cm³/mol. The maximum atomic E-state index is 5.25. The lowest BCUT2D eigenvalue weighted by Crippen LogP contribution is -2.25. The third kappa shape index (κ3) is 0.545. The minimum absolute atomic E-state index is 0. The molecule has 7 heavy (non-hydrogen) atoms. The number of fused-ring (bicyclic) bond motifs is 1. The lowest BCUT2D eigenvalue weighted by Gasteiger charge is -2.23. The molecule has 2 saturated heterocycles. The van der Waals surface area contributed by atoms with Gasteiger partial charge < -0.3 is 10.9 Å². The molecular formula is C5H11NO. The first-order valence-corrected chi connectivity index (χ1v) is 2.60. The van der Waals surface area contributed by atoms with Crippen LogP contribution in [0.1, 0.15) is 19.3 Å². The average molecular weight is 101 g/mol. The van der Waals surface area contributed by atoms with Crippen LogP contribution in [0.5, 0.6) is 0 Å². The van der Waals surface area contributed by atoms with Crippen molar-refractivity contribution in [3.63, 3.8) is 0 Å². The zero-order chi connectivity index (χ0) is 3.98. The largest absolute Gasteiger partial charge is 0.375 e. The van der Waals surface area contributed by atoms with Crippen LogP contribution in [-0.4, -0.2) is 12.2 Å². The lowest BCUT2D eigenvalue weighted by atomic mass is 10.2. The highest BCUT2D eigenvalue weighted by Crippen LogP contribution is 2.36. The van der Waals surface area contributed by atoms with Crippen LogP contribution in [0.2, 0.25) is 0 Å². The van der Waals surface area contributed by atoms with Crippen LogP contribution in [0.15, 0.2) is 0 Å². The summed E-state index contributed by atoms with van der Waals surface area (Å²) >= 11 is 0. The van der Waals surface area contributed by atoms with Gasteiger partial charge in [0.25, 0.3) is 0 Å². The van der Waals surface area contributed by atoms with Gasteiger partial charge in [-0.25, -0.2) is 0 Å². The molecule has 2 bridgehead atoms. The second-order valence-corrected chi connectivity index (χ2v) is 2.19. The first kappa shape index (κ1) is 5.06. The van der Waals surface area contributed by atoms with Crippen LogP contribution in [-0.2, 0) is 4.74 Å². The van der Waals surface area contributed by atoms with Crippen molar-refractivity contribution < 1.29 is 4.74 Å². The molecule has 2 aliphatic heterocycles. The number of hydrogen-bond donors (Lipinski definition) is 1. The summed E-state index contributed by atoms with van der Waals surface area (Å²) in [5, 5.41) is 0. The molecule has 2 heterocycles. The van der Waals surface area contributed by atoms with Gasteiger partial charge in [-0.2, -0.15) is 0 Å². The summed E-state index contributed by atoms with van der Waals surface area (Å²) in [6.45, 7) is 0. The third-order valence-corrected chi connectivity index (χ3v) is 1.72. The van der Waals surface area contributed by atoms with Gasteiger partial charge >= 0.3 is 0 Å². The van der Waals surface area contributed by atoms with Crippen LogP contribution in [0, 0.1) is 0 Å². The molecule has 2 unspecified atom stereocenters. The van der Waals surface area contributed by atoms with Gasteiger partial charge in [0.05, 0.1) is 12.2 Å². The van der Waals surface area contributed by atoms with Crippen molar-refractivity contribution in [2.24, 2.45) is 0 Å². The van der Waals surface area contributed by atoms with Crippen molar-refractivity contribution in [1.82, 2.24) is 6.15 Å². The minimum atomic E-state index is 0. The van der Waals surface area contributed by atoms with Gasteiger partial charge in [0.2, 0.25) is 0 Å². The van der Waals surface area contributed by atoms with Crippen molar-refractivity contribution in [2.75, 3.05) is 0 Å². The lowest BCUT2D eigenvalue weighted by molar-refractivity contribution is -0.0647. The van der Waals surface area contributed by atoms with Crippen LogP contribution in [0.25, 0.3) is 0 Å². The molecule has 0 aromatic carbocycles. The molecule has 3 N–H and O–H groups in total. The van der Waals surface area contributed by atoms with E-state index in [0.717, 1.165) is 0 Å². The summed E-state index contributed by atoms with van der Waals surface area (Å²) in [7, 11) is 0. The van der Waals surface area contributed by atoms with Crippen molar-refractivity contribution >= 4 is 0 Å². The Kier molecular flexibility index (Phi) is 1.05. The molecule has 3 rings (SSSR count). The first-order valence-electron chi connectivity index (χ1n) is 2.60. The van der Waals surface area contributed by atoms with Crippen molar-refractivity contribution in [1.29, 1.82) is 0 Å². The van der Waals surface area contributed by atoms with E-state index < -0.39 is 0 Å². The quantitative estimate of drug-likeness (QED) is 0.496. The molecule has 1 saturated carbocycles. The second kappa shape index (κ2) is 1.46. The molecule has 0 spiro atoms. The summed E-state index contributed by atoms with van der Waals surface area (Å²) in [6.07, 6.45) is 5.42. The van der Waals surface area contributed by atoms with Gasteiger partial charge in [-0.05, 0) is 19.3 Å². The number of rotatable bonds is 0. The van der Waals surface area contributed by atoms with Gasteiger partial charge in [0, 0.05) is 0 Å². The van der Waals surface area contributed by atoms with Gasteiger partial charge in [0.1, 0.15) is 0 Å². The van der Waals surface area contributed by atoms with Gasteiger partial charge in [-0.15, -0.1) is 0 Å². The van der Waals surface area contributed by atoms with E-state index in [1.54, 1.807) is 0 Å². The van der Waals surface area contributed by atoms with E-state index in [1.807, 2.05) is 0 Å². The molecule has 0 aromatic heterocycles. The fourth-order valence-electron chi connectivity index (χ4n) is 1.30. The van der Waals surface area contributed by atoms with E-state index in [1.165, 1.54) is 19.3 Å². The minimum Gasteiger partial charge on any atom is -0.375 e. The molecule has 42 valence electrons. The Morgan fingerprint density at radius 3 is 1.71 bits per heavy atom. The molecule has 0 aromatic rings. The maximum absolute atomic E-state index is 5.25. The number of ether oxygens (including phenoxy) is 1. The molecule has 0 amide bonds. The summed E-state index contributed by atoms with van der Waals surface area (Å²) < 4.78 is 5.25. The summed E-state index contributed by atoms with van der Waals surface area (Å²) in [5.74, 6) is 0. The molecule has 0 radical (unpaired) electrons. The van der Waals surface area contributed by atoms with Crippen LogP contribution in [0.4, 0.5) is 0 Å². The highest BCUT2D eigenvalue weighted by atomic mass is 16.5. The van der Waals surface area contributed by atoms with Crippen molar-refractivity contribution in [3.05, 3.63) is 0 Å². The Morgan fingerprint density at radius 1 is 1.14 bits per heavy atom. The summed E-state index contributed by atoms with van der Waals surface area (Å²) in [4.78, 5) is 0. The van der Waals surface area contributed by atoms with E-state index >= 15 is 0 Å². The smallest absolute Gasteiger partial charge is 0.0604 e. The Labute approximate surface area is 43.4 Å². The van der Waals surface area contributed by atoms with Crippen molar-refractivity contribution in [2.45, 2.75) is 31.5 Å². The highest BCUT2D eigenvalue weighted by molar-refractivity contribution is 4.86. The van der Waals surface area contributed by atoms with E-state index in [2.05, 4.69) is 0 Å². The van der Waals surface area contributed by atoms with Crippen LogP contribution < -0.4 is 6.15 Å². The SMILES string of the molecule is C1CC2CC1O2.N. The highest BCUT2D eigenvalue weighted by Gasteiger charge is 2.36. The molecule has 2 atom stereocenters. The van der Waals surface area contributed by atoms with Crippen LogP contribution in [0.3, 0.4) is 0 Å². The summed E-state index contributed by atoms with van der Waals surface area (Å²) in [6, 6.07) is 0. The fraction of sp³-hybridized carbons (Fsp3) is 1.00. The Bertz CT molecular complexity index is 55.0. The molecule has 2 nitrogen and oxygen atoms in total. The van der Waals surface area contributed by atoms with Crippen molar-refractivity contribution in [3.8, 4) is 0 Å². The second-order valence-electron chi connectivity index (χ2n) is 2.19. The average Bonchev–Trinajstić information content (AvgIpc) is 1.72. The topological polar surface area (TPSA) is 44.2 Å². The van der Waals surface area contributed by atoms with Gasteiger partial charge in [-0.3, -0.25) is 0 Å². The van der Waals surface area contributed by atoms with Gasteiger partial charge in [0.15, 0.2) is 0 Å². The zero-order valence-electron chi connectivity index (χ0n) is 4.39. The summed E-state index contributed by atoms with van der Waals surface area (Å²) in [5.41, 5.74) is 0. The van der Waals surface area contributed by atoms with E-state index in [-0.39, 0.29) is 6.15 Å². The standard InChI is InChI=1S/C5H8O.H3N/c1-2-5-3-4(1)6-5;/h4-5H,1-3H2;1H3.